The number of aliphatic hydroxyl groups excluding tert-OH is 1. The number of hydrogen-bond acceptors (Lipinski definition) is 9. The molecule has 0 aliphatic carbocycles. The van der Waals surface area contributed by atoms with Crippen LogP contribution in [-0.2, 0) is 16.1 Å². The lowest BCUT2D eigenvalue weighted by atomic mass is 10.0. The third-order valence-corrected chi connectivity index (χ3v) is 7.24. The molecule has 2 amide bonds. The number of nitrogens with one attached hydrogen (secondary N) is 2. The summed E-state index contributed by atoms with van der Waals surface area (Å²) in [7, 11) is 1.49. The van der Waals surface area contributed by atoms with Gasteiger partial charge in [0.15, 0.2) is 0 Å². The number of anilines is 1. The maximum atomic E-state index is 13.3. The van der Waals surface area contributed by atoms with E-state index in [0.717, 1.165) is 18.4 Å². The van der Waals surface area contributed by atoms with Crippen molar-refractivity contribution in [2.75, 3.05) is 32.2 Å². The van der Waals surface area contributed by atoms with Gasteiger partial charge in [-0.1, -0.05) is 29.8 Å². The van der Waals surface area contributed by atoms with Crippen LogP contribution in [0.2, 0.25) is 5.02 Å². The highest BCUT2D eigenvalue weighted by Crippen LogP contribution is 2.32. The maximum absolute atomic E-state index is 13.3. The summed E-state index contributed by atoms with van der Waals surface area (Å²) >= 11 is 6.45. The Kier molecular flexibility index (Phi) is 8.43. The highest BCUT2D eigenvalue weighted by atomic mass is 35.5. The highest BCUT2D eigenvalue weighted by molar-refractivity contribution is 6.33. The minimum atomic E-state index is -0.916. The smallest absolute Gasteiger partial charge is 0.254 e. The van der Waals surface area contributed by atoms with Crippen molar-refractivity contribution in [3.05, 3.63) is 64.4 Å². The third kappa shape index (κ3) is 6.16. The van der Waals surface area contributed by atoms with Gasteiger partial charge in [-0.15, -0.1) is 0 Å². The molecule has 0 unspecified atom stereocenters. The normalized spacial score (nSPS) is 16.8. The summed E-state index contributed by atoms with van der Waals surface area (Å²) in [6, 6.07) is 10.0. The van der Waals surface area contributed by atoms with E-state index in [1.807, 2.05) is 12.1 Å². The lowest BCUT2D eigenvalue weighted by molar-refractivity contribution is -0.123. The molecule has 3 N–H and O–H groups in total. The van der Waals surface area contributed by atoms with Crippen LogP contribution in [-0.4, -0.2) is 75.8 Å². The van der Waals surface area contributed by atoms with Crippen molar-refractivity contribution in [3.8, 4) is 17.1 Å². The van der Waals surface area contributed by atoms with E-state index in [2.05, 4.69) is 25.6 Å². The van der Waals surface area contributed by atoms with Crippen LogP contribution in [0.1, 0.15) is 47.4 Å². The summed E-state index contributed by atoms with van der Waals surface area (Å²) in [5.41, 5.74) is 2.94. The van der Waals surface area contributed by atoms with Crippen molar-refractivity contribution >= 4 is 29.4 Å². The molecular formula is C28H31ClN6O5. The van der Waals surface area contributed by atoms with Gasteiger partial charge in [0.25, 0.3) is 5.91 Å². The molecule has 210 valence electrons. The number of carbonyl (C=O) groups excluding carboxylic acids is 2. The van der Waals surface area contributed by atoms with Gasteiger partial charge < -0.3 is 30.1 Å². The molecule has 2 aliphatic rings. The van der Waals surface area contributed by atoms with Gasteiger partial charge in [0.2, 0.25) is 17.7 Å². The van der Waals surface area contributed by atoms with Crippen LogP contribution in [0.4, 0.5) is 5.95 Å². The largest absolute Gasteiger partial charge is 0.481 e. The van der Waals surface area contributed by atoms with Crippen LogP contribution in [0.15, 0.2) is 42.6 Å². The van der Waals surface area contributed by atoms with Crippen LogP contribution in [0.5, 0.6) is 5.88 Å². The predicted octanol–water partition coefficient (Wildman–Crippen LogP) is 2.99. The molecule has 0 saturated carbocycles. The molecule has 2 aliphatic heterocycles. The zero-order valence-electron chi connectivity index (χ0n) is 22.3. The van der Waals surface area contributed by atoms with E-state index in [4.69, 9.17) is 21.1 Å². The molecule has 1 fully saturated rings. The number of methoxy groups -OCH3 is 1. The van der Waals surface area contributed by atoms with Gasteiger partial charge in [-0.2, -0.15) is 0 Å². The van der Waals surface area contributed by atoms with Gasteiger partial charge >= 0.3 is 0 Å². The van der Waals surface area contributed by atoms with Crippen LogP contribution in [0.25, 0.3) is 11.3 Å². The lowest BCUT2D eigenvalue weighted by Gasteiger charge is -2.23. The Morgan fingerprint density at radius 3 is 2.80 bits per heavy atom. The van der Waals surface area contributed by atoms with Crippen molar-refractivity contribution in [3.63, 3.8) is 0 Å². The molecule has 3 aromatic rings. The molecule has 0 bridgehead atoms. The number of amides is 2. The van der Waals surface area contributed by atoms with Crippen molar-refractivity contribution in [2.24, 2.45) is 0 Å². The molecule has 1 aromatic carbocycles. The second-order valence-electron chi connectivity index (χ2n) is 9.84. The first-order valence-electron chi connectivity index (χ1n) is 13.1. The number of aromatic nitrogens is 3. The van der Waals surface area contributed by atoms with Crippen molar-refractivity contribution < 1.29 is 24.2 Å². The van der Waals surface area contributed by atoms with Crippen molar-refractivity contribution in [2.45, 2.75) is 44.5 Å². The summed E-state index contributed by atoms with van der Waals surface area (Å²) in [5, 5.41) is 16.8. The Labute approximate surface area is 236 Å². The Morgan fingerprint density at radius 1 is 1.25 bits per heavy atom. The second kappa shape index (κ2) is 12.2. The number of halogens is 1. The van der Waals surface area contributed by atoms with Gasteiger partial charge in [-0.25, -0.2) is 15.0 Å². The second-order valence-corrected chi connectivity index (χ2v) is 10.3. The zero-order chi connectivity index (χ0) is 28.2. The first kappa shape index (κ1) is 27.8. The summed E-state index contributed by atoms with van der Waals surface area (Å²) < 4.78 is 10.6. The minimum Gasteiger partial charge on any atom is -0.481 e. The molecule has 12 heteroatoms. The summed E-state index contributed by atoms with van der Waals surface area (Å²) in [4.78, 5) is 40.9. The predicted molar refractivity (Wildman–Crippen MR) is 148 cm³/mol. The number of hydrogen-bond donors (Lipinski definition) is 3. The number of benzene rings is 1. The first-order valence-corrected chi connectivity index (χ1v) is 13.5. The number of carbonyl (C=O) groups is 2. The number of ether oxygens (including phenoxy) is 2. The molecule has 4 heterocycles. The van der Waals surface area contributed by atoms with Crippen LogP contribution >= 0.6 is 11.6 Å². The molecular weight excluding hydrogens is 536 g/mol. The number of fused-ring (bicyclic) bond motifs is 1. The fourth-order valence-electron chi connectivity index (χ4n) is 4.85. The van der Waals surface area contributed by atoms with E-state index in [1.165, 1.54) is 12.0 Å². The van der Waals surface area contributed by atoms with E-state index in [9.17, 15) is 14.7 Å². The van der Waals surface area contributed by atoms with Crippen LogP contribution in [0, 0.1) is 0 Å². The number of rotatable bonds is 9. The average molecular weight is 567 g/mol. The third-order valence-electron chi connectivity index (χ3n) is 6.97. The molecule has 0 radical (unpaired) electrons. The zero-order valence-corrected chi connectivity index (χ0v) is 23.0. The van der Waals surface area contributed by atoms with E-state index in [1.54, 1.807) is 37.4 Å². The first-order chi connectivity index (χ1) is 19.3. The maximum Gasteiger partial charge on any atom is 0.254 e. The monoisotopic (exact) mass is 566 g/mol. The minimum absolute atomic E-state index is 0.177. The summed E-state index contributed by atoms with van der Waals surface area (Å²) in [5.74, 6) is 0.147. The molecule has 1 saturated heterocycles. The fourth-order valence-corrected chi connectivity index (χ4v) is 5.05. The molecule has 2 aromatic heterocycles. The summed E-state index contributed by atoms with van der Waals surface area (Å²) in [6.45, 7) is 3.05. The lowest BCUT2D eigenvalue weighted by Crippen LogP contribution is -2.42. The molecule has 40 heavy (non-hydrogen) atoms. The van der Waals surface area contributed by atoms with Gasteiger partial charge in [0, 0.05) is 43.0 Å². The average Bonchev–Trinajstić information content (AvgIpc) is 3.27. The number of nitrogens with zero attached hydrogens (tertiary/aromatic N) is 4. The topological polar surface area (TPSA) is 139 Å². The fraction of sp³-hybridized carbons (Fsp3) is 0.393. The molecule has 11 nitrogen and oxygen atoms in total. The Hall–Kier alpha value is -3.80. The standard InChI is InChI=1S/C28H31ClN6O5/c1-16(36)25(22-4-3-5-24(32-22)39-2)33-23(37)15-35-14-18-7-6-17(12-20(18)27(35)38)26-21(29)13-30-28(34-26)31-19-8-10-40-11-9-19/h3-7,12-13,16,19,25,36H,8-11,14-15H2,1-2H3,(H,33,37)(H,30,31,34)/t16-,25+/m0/s1. The van der Waals surface area contributed by atoms with Gasteiger partial charge in [0.1, 0.15) is 6.54 Å². The van der Waals surface area contributed by atoms with E-state index in [0.29, 0.717) is 52.6 Å². The number of aliphatic hydroxyl groups is 1. The van der Waals surface area contributed by atoms with Gasteiger partial charge in [-0.05, 0) is 37.5 Å². The van der Waals surface area contributed by atoms with E-state index >= 15 is 0 Å². The molecule has 2 atom stereocenters. The summed E-state index contributed by atoms with van der Waals surface area (Å²) in [6.07, 6.45) is 2.37. The van der Waals surface area contributed by atoms with Gasteiger partial charge in [-0.3, -0.25) is 9.59 Å². The molecule has 5 rings (SSSR count). The van der Waals surface area contributed by atoms with Crippen LogP contribution < -0.4 is 15.4 Å². The van der Waals surface area contributed by atoms with E-state index < -0.39 is 18.1 Å². The Bertz CT molecular complexity index is 1400. The highest BCUT2D eigenvalue weighted by Gasteiger charge is 2.31. The van der Waals surface area contributed by atoms with E-state index in [-0.39, 0.29) is 25.0 Å². The molecule has 0 spiro atoms. The number of pyridine rings is 1. The van der Waals surface area contributed by atoms with Gasteiger partial charge in [0.05, 0.1) is 41.9 Å². The Balaban J connectivity index is 1.28. The van der Waals surface area contributed by atoms with Crippen molar-refractivity contribution in [1.82, 2.24) is 25.2 Å². The Morgan fingerprint density at radius 2 is 2.05 bits per heavy atom. The van der Waals surface area contributed by atoms with Crippen LogP contribution in [0.3, 0.4) is 0 Å². The quantitative estimate of drug-likeness (QED) is 0.357. The van der Waals surface area contributed by atoms with Crippen molar-refractivity contribution in [1.29, 1.82) is 0 Å². The SMILES string of the molecule is COc1cccc([C@H](NC(=O)CN2Cc3ccc(-c4nc(NC5CCOCC5)ncc4Cl)cc3C2=O)[C@H](C)O)n1.